The molecule has 0 saturated carbocycles. The molecule has 6 aromatic rings. The fourth-order valence-electron chi connectivity index (χ4n) is 6.06. The van der Waals surface area contributed by atoms with Gasteiger partial charge in [-0.15, -0.1) is 10.2 Å². The van der Waals surface area contributed by atoms with Gasteiger partial charge in [-0.1, -0.05) is 6.07 Å². The highest BCUT2D eigenvalue weighted by Crippen LogP contribution is 2.41. The number of amides is 1. The summed E-state index contributed by atoms with van der Waals surface area (Å²) in [6.45, 7) is 2.24. The van der Waals surface area contributed by atoms with Gasteiger partial charge in [-0.3, -0.25) is 13.9 Å². The second-order valence-electron chi connectivity index (χ2n) is 13.3. The number of nitrogens with zero attached hydrogens (tertiary/aromatic N) is 9. The molecule has 0 aliphatic heterocycles. The molecule has 6 rings (SSSR count). The Balaban J connectivity index is 1.14. The van der Waals surface area contributed by atoms with E-state index >= 15 is 0 Å². The number of benzene rings is 4. The molecule has 27 heteroatoms. The van der Waals surface area contributed by atoms with E-state index in [2.05, 4.69) is 61.4 Å². The quantitative estimate of drug-likeness (QED) is 0.0295. The first-order chi connectivity index (χ1) is 30.4. The van der Waals surface area contributed by atoms with E-state index in [1.807, 2.05) is 0 Å². The number of aromatic hydroxyl groups is 1. The maximum atomic E-state index is 12.1. The number of hydrogen-bond acceptors (Lipinski definition) is 20. The number of aliphatic hydroxyl groups is 1. The Morgan fingerprint density at radius 3 is 2.16 bits per heavy atom. The van der Waals surface area contributed by atoms with Gasteiger partial charge in [0, 0.05) is 55.1 Å². The van der Waals surface area contributed by atoms with Crippen LogP contribution in [-0.4, -0.2) is 112 Å². The Bertz CT molecular complexity index is 3010. The molecule has 2 heterocycles. The standard InChI is InChI=1S/C37H37Cl2N13O10S2/c1-19-14-21-16-23(8-9-24(21)30(54)29(19)51-50-25-17-28(64(59,60)61)26(62-3)18-27(25)63(56,57)58)43-35-45-32(38)44-34(48-35)41-10-5-11-52(12-13-53)37-47-33(39)46-36(49-37)42-22-7-4-6-20(15-22)31(55)40-2/h4,6-9,14-18,53-54H,5,10-13H2,1-3H3,(H,40,55)(H,56,57,58)(H,59,60,61)(H,42,46,47,49)(H2,41,43,44,45,48). The number of azo groups is 1. The van der Waals surface area contributed by atoms with Crippen molar-refractivity contribution in [2.75, 3.05) is 61.2 Å². The van der Waals surface area contributed by atoms with Crippen molar-refractivity contribution in [3.05, 3.63) is 82.4 Å². The highest BCUT2D eigenvalue weighted by molar-refractivity contribution is 7.86. The number of rotatable bonds is 18. The molecule has 336 valence electrons. The van der Waals surface area contributed by atoms with E-state index in [1.165, 1.54) is 7.05 Å². The van der Waals surface area contributed by atoms with Crippen LogP contribution in [0.2, 0.25) is 10.6 Å². The summed E-state index contributed by atoms with van der Waals surface area (Å²) in [6.07, 6.45) is 0.481. The van der Waals surface area contributed by atoms with E-state index in [4.69, 9.17) is 27.9 Å². The summed E-state index contributed by atoms with van der Waals surface area (Å²) in [5.41, 5.74) is 1.02. The maximum absolute atomic E-state index is 12.1. The number of aryl methyl sites for hydroxylation is 1. The fourth-order valence-corrected chi connectivity index (χ4v) is 7.66. The molecule has 23 nitrogen and oxygen atoms in total. The van der Waals surface area contributed by atoms with Gasteiger partial charge in [0.05, 0.1) is 13.7 Å². The van der Waals surface area contributed by atoms with Gasteiger partial charge >= 0.3 is 0 Å². The molecule has 0 aliphatic rings. The van der Waals surface area contributed by atoms with E-state index in [-0.39, 0.29) is 64.9 Å². The van der Waals surface area contributed by atoms with Crippen molar-refractivity contribution in [3.8, 4) is 11.5 Å². The number of carbonyl (C=O) groups excluding carboxylic acids is 1. The lowest BCUT2D eigenvalue weighted by Gasteiger charge is -2.22. The minimum absolute atomic E-state index is 0.0780. The van der Waals surface area contributed by atoms with Crippen molar-refractivity contribution >= 4 is 107 Å². The molecule has 0 aliphatic carbocycles. The molecule has 0 spiro atoms. The molecular formula is C37H37Cl2N13O10S2. The average molecular weight is 959 g/mol. The van der Waals surface area contributed by atoms with E-state index in [1.54, 1.807) is 60.4 Å². The number of phenolic OH excluding ortho intramolecular Hbond substituents is 1. The number of fused-ring (bicyclic) bond motifs is 1. The number of phenols is 1. The van der Waals surface area contributed by atoms with Crippen LogP contribution in [0.5, 0.6) is 11.5 Å². The van der Waals surface area contributed by atoms with Crippen molar-refractivity contribution < 1.29 is 45.7 Å². The van der Waals surface area contributed by atoms with Gasteiger partial charge < -0.3 is 41.1 Å². The summed E-state index contributed by atoms with van der Waals surface area (Å²) in [7, 11) is -7.37. The third-order valence-corrected chi connectivity index (χ3v) is 11.0. The van der Waals surface area contributed by atoms with Crippen LogP contribution < -0.4 is 30.9 Å². The lowest BCUT2D eigenvalue weighted by atomic mass is 10.0. The Morgan fingerprint density at radius 1 is 0.812 bits per heavy atom. The highest BCUT2D eigenvalue weighted by atomic mass is 35.5. The van der Waals surface area contributed by atoms with Crippen LogP contribution in [0.3, 0.4) is 0 Å². The summed E-state index contributed by atoms with van der Waals surface area (Å²) in [4.78, 5) is 37.6. The zero-order chi connectivity index (χ0) is 46.3. The molecule has 1 amide bonds. The predicted molar refractivity (Wildman–Crippen MR) is 236 cm³/mol. The predicted octanol–water partition coefficient (Wildman–Crippen LogP) is 5.60. The number of anilines is 6. The first-order valence-electron chi connectivity index (χ1n) is 18.5. The summed E-state index contributed by atoms with van der Waals surface area (Å²) in [6, 6.07) is 14.5. The van der Waals surface area contributed by atoms with Gasteiger partial charge in [-0.2, -0.15) is 46.7 Å². The number of aromatic nitrogens is 6. The fraction of sp³-hybridized carbons (Fsp3) is 0.216. The largest absolute Gasteiger partial charge is 0.505 e. The van der Waals surface area contributed by atoms with Gasteiger partial charge in [-0.05, 0) is 96.0 Å². The van der Waals surface area contributed by atoms with Crippen molar-refractivity contribution in [2.24, 2.45) is 10.2 Å². The second kappa shape index (κ2) is 19.8. The molecule has 64 heavy (non-hydrogen) atoms. The van der Waals surface area contributed by atoms with Gasteiger partial charge in [0.2, 0.25) is 34.4 Å². The van der Waals surface area contributed by atoms with Crippen LogP contribution in [0.25, 0.3) is 10.8 Å². The normalized spacial score (nSPS) is 11.8. The first-order valence-corrected chi connectivity index (χ1v) is 22.1. The van der Waals surface area contributed by atoms with E-state index in [9.17, 15) is 40.9 Å². The summed E-state index contributed by atoms with van der Waals surface area (Å²) < 4.78 is 72.4. The Morgan fingerprint density at radius 2 is 1.48 bits per heavy atom. The summed E-state index contributed by atoms with van der Waals surface area (Å²) in [5, 5.41) is 41.1. The van der Waals surface area contributed by atoms with Crippen molar-refractivity contribution in [2.45, 2.75) is 23.1 Å². The number of aliphatic hydroxyl groups excluding tert-OH is 1. The van der Waals surface area contributed by atoms with E-state index in [0.29, 0.717) is 64.9 Å². The molecule has 2 aromatic heterocycles. The van der Waals surface area contributed by atoms with Crippen molar-refractivity contribution in [3.63, 3.8) is 0 Å². The SMILES string of the molecule is CNC(=O)c1cccc(Nc2nc(Cl)nc(N(CCO)CCCNc3nc(Cl)nc(Nc4ccc5c(O)c(N=Nc6cc(S(=O)(=O)O)c(OC)cc6S(=O)(=O)O)c(C)cc5c4)n3)n2)c1. The van der Waals surface area contributed by atoms with Gasteiger partial charge in [-0.25, -0.2) is 0 Å². The van der Waals surface area contributed by atoms with Crippen LogP contribution in [0, 0.1) is 6.92 Å². The van der Waals surface area contributed by atoms with Crippen molar-refractivity contribution in [1.82, 2.24) is 35.2 Å². The topological polar surface area (TPSA) is 329 Å². The second-order valence-corrected chi connectivity index (χ2v) is 16.8. The maximum Gasteiger partial charge on any atom is 0.298 e. The van der Waals surface area contributed by atoms with Crippen LogP contribution in [0.1, 0.15) is 22.3 Å². The molecule has 0 saturated heterocycles. The number of hydrogen-bond donors (Lipinski definition) is 8. The van der Waals surface area contributed by atoms with Gasteiger partial charge in [0.15, 0.2) is 5.75 Å². The number of nitrogens with one attached hydrogen (secondary N) is 4. The van der Waals surface area contributed by atoms with Crippen LogP contribution in [-0.2, 0) is 20.2 Å². The third-order valence-electron chi connectivity index (χ3n) is 8.94. The minimum atomic E-state index is -4.99. The Hall–Kier alpha value is -6.61. The van der Waals surface area contributed by atoms with Crippen LogP contribution >= 0.6 is 23.2 Å². The smallest absolute Gasteiger partial charge is 0.298 e. The average Bonchev–Trinajstić information content (AvgIpc) is 3.23. The Kier molecular flexibility index (Phi) is 14.5. The molecule has 0 unspecified atom stereocenters. The molecule has 0 atom stereocenters. The van der Waals surface area contributed by atoms with Crippen LogP contribution in [0.4, 0.5) is 46.5 Å². The van der Waals surface area contributed by atoms with E-state index < -0.39 is 41.5 Å². The minimum Gasteiger partial charge on any atom is -0.505 e. The molecule has 0 bridgehead atoms. The zero-order valence-corrected chi connectivity index (χ0v) is 36.8. The summed E-state index contributed by atoms with van der Waals surface area (Å²) in [5.74, 6) is -0.660. The molecular weight excluding hydrogens is 922 g/mol. The summed E-state index contributed by atoms with van der Waals surface area (Å²) >= 11 is 12.5. The van der Waals surface area contributed by atoms with Crippen LogP contribution in [0.15, 0.2) is 80.7 Å². The molecule has 8 N–H and O–H groups in total. The van der Waals surface area contributed by atoms with Gasteiger partial charge in [0.25, 0.3) is 26.1 Å². The van der Waals surface area contributed by atoms with Gasteiger partial charge in [0.1, 0.15) is 26.9 Å². The lowest BCUT2D eigenvalue weighted by Crippen LogP contribution is -2.31. The zero-order valence-electron chi connectivity index (χ0n) is 33.6. The lowest BCUT2D eigenvalue weighted by molar-refractivity contribution is 0.0963. The first kappa shape index (κ1) is 46.9. The number of ether oxygens (including phenoxy) is 1. The molecule has 0 fully saturated rings. The number of methoxy groups -OCH3 is 1. The van der Waals surface area contributed by atoms with Crippen molar-refractivity contribution in [1.29, 1.82) is 0 Å². The Labute approximate surface area is 374 Å². The molecule has 0 radical (unpaired) electrons. The number of carbonyl (C=O) groups is 1. The molecule has 4 aromatic carbocycles. The highest BCUT2D eigenvalue weighted by Gasteiger charge is 2.26. The monoisotopic (exact) mass is 957 g/mol. The van der Waals surface area contributed by atoms with E-state index in [0.717, 1.165) is 7.11 Å². The number of halogens is 2. The third kappa shape index (κ3) is 11.5.